The quantitative estimate of drug-likeness (QED) is 0.747. The van der Waals surface area contributed by atoms with Crippen LogP contribution in [0.1, 0.15) is 24.8 Å². The van der Waals surface area contributed by atoms with Gasteiger partial charge in [-0.25, -0.2) is 0 Å². The maximum absolute atomic E-state index is 12.5. The number of nitrogens with one attached hydrogen (secondary N) is 1. The van der Waals surface area contributed by atoms with Gasteiger partial charge in [0.25, 0.3) is 5.91 Å². The summed E-state index contributed by atoms with van der Waals surface area (Å²) in [6.07, 6.45) is -0.252. The van der Waals surface area contributed by atoms with Gasteiger partial charge in [-0.1, -0.05) is 23.2 Å². The predicted octanol–water partition coefficient (Wildman–Crippen LogP) is 4.72. The summed E-state index contributed by atoms with van der Waals surface area (Å²) in [7, 11) is 1.60. The number of thiophene rings is 1. The third kappa shape index (κ3) is 5.11. The van der Waals surface area contributed by atoms with Gasteiger partial charge in [-0.3, -0.25) is 4.79 Å². The molecule has 1 atom stereocenters. The summed E-state index contributed by atoms with van der Waals surface area (Å²) >= 11 is 13.2. The Hall–Kier alpha value is -1.27. The van der Waals surface area contributed by atoms with Crippen LogP contribution in [0.2, 0.25) is 9.36 Å². The van der Waals surface area contributed by atoms with Crippen molar-refractivity contribution < 1.29 is 14.3 Å². The summed E-state index contributed by atoms with van der Waals surface area (Å²) in [4.78, 5) is 13.4. The standard InChI is InChI=1S/C17H19Cl2NO3S/c1-17(2,23-12-6-4-11(18)5-7-12)16(21)20-10-13(22-3)14-8-9-15(19)24-14/h4-9,13H,10H2,1-3H3,(H,20,21)/t13-/m1/s1. The van der Waals surface area contributed by atoms with Gasteiger partial charge < -0.3 is 14.8 Å². The molecular formula is C17H19Cl2NO3S. The van der Waals surface area contributed by atoms with Crippen LogP contribution in [0.5, 0.6) is 5.75 Å². The smallest absolute Gasteiger partial charge is 0.263 e. The number of carbonyl (C=O) groups is 1. The molecule has 130 valence electrons. The number of halogens is 2. The van der Waals surface area contributed by atoms with Crippen molar-refractivity contribution in [2.45, 2.75) is 25.6 Å². The SMILES string of the molecule is CO[C@H](CNC(=O)C(C)(C)Oc1ccc(Cl)cc1)c1ccc(Cl)s1. The zero-order chi connectivity index (χ0) is 17.7. The molecule has 0 bridgehead atoms. The van der Waals surface area contributed by atoms with E-state index in [4.69, 9.17) is 32.7 Å². The van der Waals surface area contributed by atoms with Gasteiger partial charge in [-0.15, -0.1) is 11.3 Å². The fourth-order valence-electron chi connectivity index (χ4n) is 2.04. The molecule has 0 aliphatic heterocycles. The zero-order valence-electron chi connectivity index (χ0n) is 13.6. The van der Waals surface area contributed by atoms with E-state index in [-0.39, 0.29) is 12.0 Å². The number of amides is 1. The molecule has 2 rings (SSSR count). The molecule has 2 aromatic rings. The molecule has 0 aliphatic carbocycles. The number of benzene rings is 1. The monoisotopic (exact) mass is 387 g/mol. The number of methoxy groups -OCH3 is 1. The molecule has 4 nitrogen and oxygen atoms in total. The summed E-state index contributed by atoms with van der Waals surface area (Å²) in [6, 6.07) is 10.6. The van der Waals surface area contributed by atoms with Crippen molar-refractivity contribution in [3.8, 4) is 5.75 Å². The number of hydrogen-bond acceptors (Lipinski definition) is 4. The van der Waals surface area contributed by atoms with Gasteiger partial charge in [0, 0.05) is 23.6 Å². The summed E-state index contributed by atoms with van der Waals surface area (Å²) in [6.45, 7) is 3.75. The van der Waals surface area contributed by atoms with Gasteiger partial charge >= 0.3 is 0 Å². The normalized spacial score (nSPS) is 12.7. The van der Waals surface area contributed by atoms with Crippen molar-refractivity contribution in [2.75, 3.05) is 13.7 Å². The van der Waals surface area contributed by atoms with Crippen molar-refractivity contribution in [3.63, 3.8) is 0 Å². The van der Waals surface area contributed by atoms with E-state index >= 15 is 0 Å². The number of hydrogen-bond donors (Lipinski definition) is 1. The molecule has 0 saturated heterocycles. The highest BCUT2D eigenvalue weighted by Gasteiger charge is 2.30. The van der Waals surface area contributed by atoms with Gasteiger partial charge in [-0.2, -0.15) is 0 Å². The first-order valence-electron chi connectivity index (χ1n) is 7.33. The zero-order valence-corrected chi connectivity index (χ0v) is 16.0. The van der Waals surface area contributed by atoms with Crippen LogP contribution >= 0.6 is 34.5 Å². The predicted molar refractivity (Wildman–Crippen MR) is 98.2 cm³/mol. The van der Waals surface area contributed by atoms with Crippen LogP contribution in [0.15, 0.2) is 36.4 Å². The molecule has 1 aromatic carbocycles. The molecule has 7 heteroatoms. The average molecular weight is 388 g/mol. The Labute approximate surface area is 155 Å². The maximum Gasteiger partial charge on any atom is 0.263 e. The van der Waals surface area contributed by atoms with E-state index in [1.54, 1.807) is 45.2 Å². The summed E-state index contributed by atoms with van der Waals surface area (Å²) in [5.41, 5.74) is -1.03. The van der Waals surface area contributed by atoms with Crippen LogP contribution in [0, 0.1) is 0 Å². The Bertz CT molecular complexity index is 685. The van der Waals surface area contributed by atoms with Gasteiger partial charge in [0.2, 0.25) is 0 Å². The molecule has 0 unspecified atom stereocenters. The Balaban J connectivity index is 1.95. The molecular weight excluding hydrogens is 369 g/mol. The maximum atomic E-state index is 12.5. The molecule has 0 spiro atoms. The molecule has 1 amide bonds. The fraction of sp³-hybridized carbons (Fsp3) is 0.353. The van der Waals surface area contributed by atoms with E-state index in [0.29, 0.717) is 21.7 Å². The first-order valence-corrected chi connectivity index (χ1v) is 8.90. The molecule has 24 heavy (non-hydrogen) atoms. The average Bonchev–Trinajstić information content (AvgIpc) is 2.96. The van der Waals surface area contributed by atoms with Crippen molar-refractivity contribution in [1.82, 2.24) is 5.32 Å². The second-order valence-corrected chi connectivity index (χ2v) is 7.83. The van der Waals surface area contributed by atoms with E-state index in [9.17, 15) is 4.79 Å². The van der Waals surface area contributed by atoms with Crippen molar-refractivity contribution >= 4 is 40.4 Å². The van der Waals surface area contributed by atoms with Crippen LogP contribution in [-0.4, -0.2) is 25.2 Å². The lowest BCUT2D eigenvalue weighted by molar-refractivity contribution is -0.134. The van der Waals surface area contributed by atoms with Crippen molar-refractivity contribution in [3.05, 3.63) is 50.6 Å². The third-order valence-corrected chi connectivity index (χ3v) is 4.95. The van der Waals surface area contributed by atoms with Crippen LogP contribution < -0.4 is 10.1 Å². The van der Waals surface area contributed by atoms with Gasteiger partial charge in [0.15, 0.2) is 5.60 Å². The molecule has 1 N–H and O–H groups in total. The van der Waals surface area contributed by atoms with Crippen LogP contribution in [0.3, 0.4) is 0 Å². The van der Waals surface area contributed by atoms with E-state index in [0.717, 1.165) is 4.88 Å². The highest BCUT2D eigenvalue weighted by molar-refractivity contribution is 7.16. The minimum absolute atomic E-state index is 0.234. The highest BCUT2D eigenvalue weighted by atomic mass is 35.5. The molecule has 0 fully saturated rings. The first kappa shape index (κ1) is 19.1. The van der Waals surface area contributed by atoms with E-state index in [2.05, 4.69) is 5.32 Å². The minimum atomic E-state index is -1.03. The Morgan fingerprint density at radius 3 is 2.42 bits per heavy atom. The fourth-order valence-corrected chi connectivity index (χ4v) is 3.31. The lowest BCUT2D eigenvalue weighted by Crippen LogP contribution is -2.47. The Kier molecular flexibility index (Phi) is 6.52. The highest BCUT2D eigenvalue weighted by Crippen LogP contribution is 2.28. The first-order chi connectivity index (χ1) is 11.3. The van der Waals surface area contributed by atoms with Gasteiger partial charge in [0.1, 0.15) is 11.9 Å². The lowest BCUT2D eigenvalue weighted by atomic mass is 10.1. The number of carbonyl (C=O) groups excluding carboxylic acids is 1. The van der Waals surface area contributed by atoms with E-state index in [1.165, 1.54) is 11.3 Å². The number of ether oxygens (including phenoxy) is 2. The Morgan fingerprint density at radius 2 is 1.88 bits per heavy atom. The summed E-state index contributed by atoms with van der Waals surface area (Å²) in [5.74, 6) is 0.343. The largest absolute Gasteiger partial charge is 0.478 e. The second kappa shape index (κ2) is 8.21. The molecule has 1 heterocycles. The van der Waals surface area contributed by atoms with Gasteiger partial charge in [-0.05, 0) is 50.2 Å². The van der Waals surface area contributed by atoms with E-state index < -0.39 is 5.60 Å². The number of rotatable bonds is 7. The third-order valence-electron chi connectivity index (χ3n) is 3.38. The Morgan fingerprint density at radius 1 is 1.21 bits per heavy atom. The second-order valence-electron chi connectivity index (χ2n) is 5.64. The van der Waals surface area contributed by atoms with Crippen LogP contribution in [0.4, 0.5) is 0 Å². The van der Waals surface area contributed by atoms with Crippen LogP contribution in [-0.2, 0) is 9.53 Å². The van der Waals surface area contributed by atoms with Crippen molar-refractivity contribution in [1.29, 1.82) is 0 Å². The minimum Gasteiger partial charge on any atom is -0.478 e. The molecule has 1 aromatic heterocycles. The summed E-state index contributed by atoms with van der Waals surface area (Å²) in [5, 5.41) is 3.48. The molecule has 0 saturated carbocycles. The van der Waals surface area contributed by atoms with Gasteiger partial charge in [0.05, 0.1) is 4.34 Å². The van der Waals surface area contributed by atoms with E-state index in [1.807, 2.05) is 12.1 Å². The van der Waals surface area contributed by atoms with Crippen molar-refractivity contribution in [2.24, 2.45) is 0 Å². The summed E-state index contributed by atoms with van der Waals surface area (Å²) < 4.78 is 11.9. The molecule has 0 radical (unpaired) electrons. The lowest BCUT2D eigenvalue weighted by Gasteiger charge is -2.26. The van der Waals surface area contributed by atoms with Crippen LogP contribution in [0.25, 0.3) is 0 Å². The topological polar surface area (TPSA) is 47.6 Å². The molecule has 0 aliphatic rings.